The van der Waals surface area contributed by atoms with E-state index in [0.29, 0.717) is 11.1 Å². The lowest BCUT2D eigenvalue weighted by Gasteiger charge is -2.24. The second-order valence-corrected chi connectivity index (χ2v) is 10.1. The molecular formula is C16H20N4O2Si. The molecule has 120 valence electrons. The molecule has 6 nitrogen and oxygen atoms in total. The Bertz CT molecular complexity index is 650. The number of benzene rings is 2. The minimum Gasteiger partial charge on any atom is -0.290 e. The molecule has 0 aliphatic carbocycles. The van der Waals surface area contributed by atoms with Gasteiger partial charge in [-0.1, -0.05) is 47.7 Å². The van der Waals surface area contributed by atoms with E-state index in [1.165, 1.54) is 10.4 Å². The van der Waals surface area contributed by atoms with Gasteiger partial charge >= 0.3 is 0 Å². The van der Waals surface area contributed by atoms with E-state index in [1.54, 1.807) is 24.3 Å². The van der Waals surface area contributed by atoms with Crippen molar-refractivity contribution in [1.82, 2.24) is 10.9 Å². The van der Waals surface area contributed by atoms with E-state index in [-0.39, 0.29) is 11.8 Å². The molecule has 0 aliphatic heterocycles. The average molecular weight is 328 g/mol. The number of carbonyl (C=O) groups excluding carboxylic acids is 2. The molecule has 7 heteroatoms. The molecule has 2 amide bonds. The molecule has 0 unspecified atom stereocenters. The van der Waals surface area contributed by atoms with Crippen molar-refractivity contribution in [1.29, 1.82) is 0 Å². The van der Waals surface area contributed by atoms with E-state index in [0.717, 1.165) is 0 Å². The lowest BCUT2D eigenvalue weighted by Crippen LogP contribution is -2.52. The third-order valence-electron chi connectivity index (χ3n) is 4.00. The molecule has 23 heavy (non-hydrogen) atoms. The second kappa shape index (κ2) is 6.74. The van der Waals surface area contributed by atoms with Crippen LogP contribution in [0.5, 0.6) is 0 Å². The maximum Gasteiger partial charge on any atom is 0.265 e. The number of hydrogen-bond donors (Lipinski definition) is 4. The van der Waals surface area contributed by atoms with Crippen molar-refractivity contribution >= 4 is 30.3 Å². The molecule has 0 bridgehead atoms. The Balaban J connectivity index is 2.30. The molecule has 2 aromatic rings. The van der Waals surface area contributed by atoms with Gasteiger partial charge in [-0.2, -0.15) is 0 Å². The highest BCUT2D eigenvalue weighted by atomic mass is 28.3. The minimum atomic E-state index is -1.92. The lowest BCUT2D eigenvalue weighted by atomic mass is 10.2. The van der Waals surface area contributed by atoms with E-state index in [1.807, 2.05) is 24.3 Å². The Morgan fingerprint density at radius 3 is 1.30 bits per heavy atom. The minimum absolute atomic E-state index is 0.312. The third-order valence-corrected chi connectivity index (χ3v) is 7.55. The van der Waals surface area contributed by atoms with E-state index >= 15 is 0 Å². The first-order valence-corrected chi connectivity index (χ1v) is 10.1. The van der Waals surface area contributed by atoms with E-state index in [4.69, 9.17) is 11.7 Å². The molecule has 0 aliphatic rings. The van der Waals surface area contributed by atoms with Crippen LogP contribution < -0.4 is 32.9 Å². The van der Waals surface area contributed by atoms with E-state index in [2.05, 4.69) is 23.9 Å². The first-order valence-electron chi connectivity index (χ1n) is 7.13. The van der Waals surface area contributed by atoms with Gasteiger partial charge in [0.05, 0.1) is 0 Å². The normalized spacial score (nSPS) is 11.0. The molecule has 0 spiro atoms. The first kappa shape index (κ1) is 16.9. The van der Waals surface area contributed by atoms with Crippen molar-refractivity contribution in [3.8, 4) is 0 Å². The fourth-order valence-electron chi connectivity index (χ4n) is 2.41. The largest absolute Gasteiger partial charge is 0.290 e. The Hall–Kier alpha value is -2.48. The van der Waals surface area contributed by atoms with Crippen LogP contribution >= 0.6 is 0 Å². The topological polar surface area (TPSA) is 110 Å². The van der Waals surface area contributed by atoms with Crippen molar-refractivity contribution in [3.05, 3.63) is 59.7 Å². The Kier molecular flexibility index (Phi) is 4.94. The van der Waals surface area contributed by atoms with Gasteiger partial charge in [0, 0.05) is 11.1 Å². The van der Waals surface area contributed by atoms with Crippen molar-refractivity contribution in [2.75, 3.05) is 0 Å². The number of nitrogens with one attached hydrogen (secondary N) is 2. The molecule has 0 aromatic heterocycles. The average Bonchev–Trinajstić information content (AvgIpc) is 2.60. The second-order valence-electron chi connectivity index (χ2n) is 5.73. The number of rotatable bonds is 4. The van der Waals surface area contributed by atoms with Gasteiger partial charge < -0.3 is 0 Å². The van der Waals surface area contributed by atoms with Gasteiger partial charge in [0.15, 0.2) is 0 Å². The van der Waals surface area contributed by atoms with E-state index < -0.39 is 8.07 Å². The van der Waals surface area contributed by atoms with Crippen molar-refractivity contribution in [2.24, 2.45) is 11.7 Å². The molecule has 0 saturated carbocycles. The Morgan fingerprint density at radius 2 is 1.04 bits per heavy atom. The van der Waals surface area contributed by atoms with Crippen LogP contribution in [0, 0.1) is 0 Å². The predicted molar refractivity (Wildman–Crippen MR) is 92.9 cm³/mol. The van der Waals surface area contributed by atoms with Crippen LogP contribution in [-0.4, -0.2) is 19.9 Å². The highest BCUT2D eigenvalue weighted by molar-refractivity contribution is 7.00. The summed E-state index contributed by atoms with van der Waals surface area (Å²) in [6.45, 7) is 4.42. The zero-order valence-corrected chi connectivity index (χ0v) is 14.1. The van der Waals surface area contributed by atoms with Gasteiger partial charge in [-0.25, -0.2) is 11.7 Å². The molecule has 0 atom stereocenters. The van der Waals surface area contributed by atoms with Crippen molar-refractivity contribution < 1.29 is 9.59 Å². The standard InChI is InChI=1S/C16H20N4O2Si/c1-23(2,13-7-3-11(4-8-13)15(21)19-17)14-9-5-12(6-10-14)16(22)20-18/h3-10H,17-18H2,1-2H3,(H,19,21)(H,20,22). The van der Waals surface area contributed by atoms with Crippen LogP contribution in [0.2, 0.25) is 13.1 Å². The van der Waals surface area contributed by atoms with Gasteiger partial charge in [0.25, 0.3) is 11.8 Å². The zero-order valence-electron chi connectivity index (χ0n) is 13.1. The highest BCUT2D eigenvalue weighted by Crippen LogP contribution is 2.08. The monoisotopic (exact) mass is 328 g/mol. The highest BCUT2D eigenvalue weighted by Gasteiger charge is 2.26. The summed E-state index contributed by atoms with van der Waals surface area (Å²) >= 11 is 0. The molecular weight excluding hydrogens is 308 g/mol. The summed E-state index contributed by atoms with van der Waals surface area (Å²) in [7, 11) is -1.92. The number of carbonyl (C=O) groups is 2. The number of nitrogens with two attached hydrogens (primary N) is 2. The van der Waals surface area contributed by atoms with Crippen LogP contribution in [0.3, 0.4) is 0 Å². The van der Waals surface area contributed by atoms with Crippen LogP contribution in [0.25, 0.3) is 0 Å². The van der Waals surface area contributed by atoms with Gasteiger partial charge in [-0.3, -0.25) is 20.4 Å². The van der Waals surface area contributed by atoms with Crippen molar-refractivity contribution in [3.63, 3.8) is 0 Å². The summed E-state index contributed by atoms with van der Waals surface area (Å²) in [6, 6.07) is 14.9. The SMILES string of the molecule is C[Si](C)(c1ccc(C(=O)NN)cc1)c1ccc(C(=O)NN)cc1. The van der Waals surface area contributed by atoms with Crippen molar-refractivity contribution in [2.45, 2.75) is 13.1 Å². The molecule has 0 fully saturated rings. The zero-order chi connectivity index (χ0) is 17.0. The molecule has 2 aromatic carbocycles. The fraction of sp³-hybridized carbons (Fsp3) is 0.125. The fourth-order valence-corrected chi connectivity index (χ4v) is 4.74. The summed E-state index contributed by atoms with van der Waals surface area (Å²) in [6.07, 6.45) is 0. The third kappa shape index (κ3) is 3.47. The summed E-state index contributed by atoms with van der Waals surface area (Å²) in [5.74, 6) is 9.65. The predicted octanol–water partition coefficient (Wildman–Crippen LogP) is -0.284. The summed E-state index contributed by atoms with van der Waals surface area (Å²) in [4.78, 5) is 23.0. The van der Waals surface area contributed by atoms with E-state index in [9.17, 15) is 9.59 Å². The van der Waals surface area contributed by atoms with Gasteiger partial charge in [-0.05, 0) is 24.3 Å². The molecule has 0 heterocycles. The number of hydrogen-bond acceptors (Lipinski definition) is 4. The molecule has 0 radical (unpaired) electrons. The molecule has 0 saturated heterocycles. The molecule has 2 rings (SSSR count). The maximum atomic E-state index is 11.5. The smallest absolute Gasteiger partial charge is 0.265 e. The first-order chi connectivity index (χ1) is 10.9. The Morgan fingerprint density at radius 1 is 0.739 bits per heavy atom. The Labute approximate surface area is 135 Å². The van der Waals surface area contributed by atoms with Crippen LogP contribution in [-0.2, 0) is 0 Å². The number of nitrogen functional groups attached to an aromatic ring is 2. The number of hydrazine groups is 2. The van der Waals surface area contributed by atoms with Crippen LogP contribution in [0.4, 0.5) is 0 Å². The lowest BCUT2D eigenvalue weighted by molar-refractivity contribution is 0.0945. The maximum absolute atomic E-state index is 11.5. The van der Waals surface area contributed by atoms with Gasteiger partial charge in [0.2, 0.25) is 0 Å². The molecule has 6 N–H and O–H groups in total. The van der Waals surface area contributed by atoms with Gasteiger partial charge in [0.1, 0.15) is 8.07 Å². The summed E-state index contributed by atoms with van der Waals surface area (Å²) in [5.41, 5.74) is 5.28. The summed E-state index contributed by atoms with van der Waals surface area (Å²) < 4.78 is 0. The van der Waals surface area contributed by atoms with Crippen LogP contribution in [0.1, 0.15) is 20.7 Å². The summed E-state index contributed by atoms with van der Waals surface area (Å²) in [5, 5.41) is 2.36. The van der Waals surface area contributed by atoms with Gasteiger partial charge in [-0.15, -0.1) is 0 Å². The van der Waals surface area contributed by atoms with Crippen LogP contribution in [0.15, 0.2) is 48.5 Å². The quantitative estimate of drug-likeness (QED) is 0.268. The number of amides is 2.